The molecule has 0 heterocycles. The third kappa shape index (κ3) is 1.53. The first-order chi connectivity index (χ1) is 6.16. The largest absolute Gasteiger partial charge is 0.495 e. The van der Waals surface area contributed by atoms with Crippen molar-refractivity contribution in [3.63, 3.8) is 0 Å². The first-order valence-electron chi connectivity index (χ1n) is 4.77. The molecule has 0 aromatic rings. The monoisotopic (exact) mass is 178 g/mol. The van der Waals surface area contributed by atoms with Gasteiger partial charge in [-0.15, -0.1) is 0 Å². The second-order valence-corrected chi connectivity index (χ2v) is 3.95. The number of hydrogen-bond acceptors (Lipinski definition) is 2. The Kier molecular flexibility index (Phi) is 1.98. The molecule has 0 aliphatic heterocycles. The summed E-state index contributed by atoms with van der Waals surface area (Å²) in [6, 6.07) is 0. The van der Waals surface area contributed by atoms with Gasteiger partial charge in [0.2, 0.25) is 0 Å². The second-order valence-electron chi connectivity index (χ2n) is 3.95. The van der Waals surface area contributed by atoms with Gasteiger partial charge in [0.15, 0.2) is 5.78 Å². The summed E-state index contributed by atoms with van der Waals surface area (Å²) in [5.41, 5.74) is 0. The zero-order chi connectivity index (χ0) is 9.42. The molecule has 70 valence electrons. The van der Waals surface area contributed by atoms with Crippen molar-refractivity contribution in [3.8, 4) is 0 Å². The highest BCUT2D eigenvalue weighted by molar-refractivity contribution is 5.95. The number of allylic oxidation sites excluding steroid dienone is 3. The van der Waals surface area contributed by atoms with E-state index in [1.54, 1.807) is 6.08 Å². The van der Waals surface area contributed by atoms with Crippen LogP contribution in [0.4, 0.5) is 0 Å². The summed E-state index contributed by atoms with van der Waals surface area (Å²) in [5.74, 6) is 1.53. The molecular weight excluding hydrogens is 164 g/mol. The van der Waals surface area contributed by atoms with Gasteiger partial charge in [-0.25, -0.2) is 0 Å². The molecule has 2 aliphatic carbocycles. The van der Waals surface area contributed by atoms with Gasteiger partial charge in [0.25, 0.3) is 0 Å². The van der Waals surface area contributed by atoms with Gasteiger partial charge in [-0.3, -0.25) is 4.79 Å². The summed E-state index contributed by atoms with van der Waals surface area (Å²) < 4.78 is 5.58. The first-order valence-corrected chi connectivity index (χ1v) is 4.77. The lowest BCUT2D eigenvalue weighted by molar-refractivity contribution is -0.117. The zero-order valence-electron chi connectivity index (χ0n) is 7.99. The average molecular weight is 178 g/mol. The molecule has 0 spiro atoms. The Hall–Kier alpha value is -1.05. The molecular formula is C11H14O2. The lowest BCUT2D eigenvalue weighted by Crippen LogP contribution is -2.19. The van der Waals surface area contributed by atoms with Gasteiger partial charge in [-0.05, 0) is 20.3 Å². The molecule has 13 heavy (non-hydrogen) atoms. The van der Waals surface area contributed by atoms with Gasteiger partial charge in [-0.2, -0.15) is 0 Å². The lowest BCUT2D eigenvalue weighted by Gasteiger charge is -2.22. The molecule has 0 saturated heterocycles. The maximum atomic E-state index is 11.4. The number of ketones is 1. The zero-order valence-corrected chi connectivity index (χ0v) is 7.99. The normalized spacial score (nSPS) is 31.0. The molecule has 2 unspecified atom stereocenters. The predicted molar refractivity (Wildman–Crippen MR) is 50.0 cm³/mol. The van der Waals surface area contributed by atoms with Crippen molar-refractivity contribution < 1.29 is 9.53 Å². The Labute approximate surface area is 78.3 Å². The summed E-state index contributed by atoms with van der Waals surface area (Å²) >= 11 is 0. The third-order valence-corrected chi connectivity index (χ3v) is 2.47. The summed E-state index contributed by atoms with van der Waals surface area (Å²) in [6.07, 6.45) is 6.82. The third-order valence-electron chi connectivity index (χ3n) is 2.47. The predicted octanol–water partition coefficient (Wildman–Crippen LogP) is 2.07. The highest BCUT2D eigenvalue weighted by atomic mass is 16.5. The van der Waals surface area contributed by atoms with Crippen molar-refractivity contribution in [1.29, 1.82) is 0 Å². The number of carbonyl (C=O) groups excluding carboxylic acids is 1. The standard InChI is InChI=1S/C11H14O2/c1-7(2)13-11-6-10(12)8-3-4-9(11)5-8/h3-4,6-9H,5H2,1-2H3. The van der Waals surface area contributed by atoms with Crippen molar-refractivity contribution >= 4 is 5.78 Å². The van der Waals surface area contributed by atoms with Gasteiger partial charge in [-0.1, -0.05) is 12.2 Å². The summed E-state index contributed by atoms with van der Waals surface area (Å²) in [6.45, 7) is 3.96. The van der Waals surface area contributed by atoms with E-state index in [2.05, 4.69) is 6.08 Å². The van der Waals surface area contributed by atoms with E-state index in [0.717, 1.165) is 12.2 Å². The van der Waals surface area contributed by atoms with Crippen molar-refractivity contribution in [1.82, 2.24) is 0 Å². The van der Waals surface area contributed by atoms with Gasteiger partial charge < -0.3 is 4.74 Å². The first kappa shape index (κ1) is 8.54. The second kappa shape index (κ2) is 3.02. The number of hydrogen-bond donors (Lipinski definition) is 0. The smallest absolute Gasteiger partial charge is 0.165 e. The van der Waals surface area contributed by atoms with Gasteiger partial charge >= 0.3 is 0 Å². The van der Waals surface area contributed by atoms with Crippen LogP contribution in [0.2, 0.25) is 0 Å². The minimum absolute atomic E-state index is 0.129. The molecule has 0 amide bonds. The average Bonchev–Trinajstić information content (AvgIpc) is 2.44. The fourth-order valence-electron chi connectivity index (χ4n) is 1.87. The number of ether oxygens (including phenoxy) is 1. The molecule has 2 atom stereocenters. The molecule has 0 radical (unpaired) electrons. The fraction of sp³-hybridized carbons (Fsp3) is 0.545. The van der Waals surface area contributed by atoms with Crippen molar-refractivity contribution in [3.05, 3.63) is 24.0 Å². The Morgan fingerprint density at radius 1 is 1.38 bits per heavy atom. The van der Waals surface area contributed by atoms with Crippen LogP contribution >= 0.6 is 0 Å². The van der Waals surface area contributed by atoms with Crippen LogP contribution in [0.15, 0.2) is 24.0 Å². The van der Waals surface area contributed by atoms with E-state index in [0.29, 0.717) is 5.92 Å². The quantitative estimate of drug-likeness (QED) is 0.605. The number of rotatable bonds is 2. The van der Waals surface area contributed by atoms with Crippen molar-refractivity contribution in [2.45, 2.75) is 26.4 Å². The molecule has 2 bridgehead atoms. The molecule has 2 heteroatoms. The van der Waals surface area contributed by atoms with Gasteiger partial charge in [0.1, 0.15) is 5.76 Å². The highest BCUT2D eigenvalue weighted by Crippen LogP contribution is 2.35. The van der Waals surface area contributed by atoms with Crippen LogP contribution in [0.25, 0.3) is 0 Å². The topological polar surface area (TPSA) is 26.3 Å². The summed E-state index contributed by atoms with van der Waals surface area (Å²) in [4.78, 5) is 11.4. The van der Waals surface area contributed by atoms with E-state index in [4.69, 9.17) is 4.74 Å². The minimum atomic E-state index is 0.129. The SMILES string of the molecule is CC(C)OC1=CC(=O)C2C=CC1C2. The molecule has 0 fully saturated rings. The maximum absolute atomic E-state index is 11.4. The van der Waals surface area contributed by atoms with E-state index in [1.807, 2.05) is 19.9 Å². The van der Waals surface area contributed by atoms with Gasteiger partial charge in [0.05, 0.1) is 6.10 Å². The van der Waals surface area contributed by atoms with E-state index in [9.17, 15) is 4.79 Å². The van der Waals surface area contributed by atoms with Crippen LogP contribution in [0.5, 0.6) is 0 Å². The maximum Gasteiger partial charge on any atom is 0.165 e. The van der Waals surface area contributed by atoms with Crippen LogP contribution in [-0.4, -0.2) is 11.9 Å². The van der Waals surface area contributed by atoms with E-state index < -0.39 is 0 Å². The molecule has 2 nitrogen and oxygen atoms in total. The molecule has 0 N–H and O–H groups in total. The minimum Gasteiger partial charge on any atom is -0.495 e. The van der Waals surface area contributed by atoms with Crippen LogP contribution in [0.3, 0.4) is 0 Å². The van der Waals surface area contributed by atoms with Crippen molar-refractivity contribution in [2.24, 2.45) is 11.8 Å². The molecule has 0 aromatic carbocycles. The van der Waals surface area contributed by atoms with Crippen LogP contribution in [-0.2, 0) is 9.53 Å². The Bertz CT molecular complexity index is 286. The molecule has 2 aliphatic rings. The number of fused-ring (bicyclic) bond motifs is 2. The van der Waals surface area contributed by atoms with Crippen LogP contribution < -0.4 is 0 Å². The molecule has 2 rings (SSSR count). The fourth-order valence-corrected chi connectivity index (χ4v) is 1.87. The molecule has 0 saturated carbocycles. The van der Waals surface area contributed by atoms with E-state index >= 15 is 0 Å². The highest BCUT2D eigenvalue weighted by Gasteiger charge is 2.32. The Balaban J connectivity index is 2.18. The van der Waals surface area contributed by atoms with Gasteiger partial charge in [0, 0.05) is 17.9 Å². The molecule has 0 aromatic heterocycles. The van der Waals surface area contributed by atoms with E-state index in [1.165, 1.54) is 0 Å². The van der Waals surface area contributed by atoms with Crippen LogP contribution in [0, 0.1) is 11.8 Å². The van der Waals surface area contributed by atoms with Crippen LogP contribution in [0.1, 0.15) is 20.3 Å². The summed E-state index contributed by atoms with van der Waals surface area (Å²) in [5, 5.41) is 0. The van der Waals surface area contributed by atoms with E-state index in [-0.39, 0.29) is 17.8 Å². The Morgan fingerprint density at radius 2 is 2.08 bits per heavy atom. The Morgan fingerprint density at radius 3 is 2.77 bits per heavy atom. The lowest BCUT2D eigenvalue weighted by atomic mass is 9.91. The summed E-state index contributed by atoms with van der Waals surface area (Å²) in [7, 11) is 0. The number of carbonyl (C=O) groups is 1. The van der Waals surface area contributed by atoms with Crippen molar-refractivity contribution in [2.75, 3.05) is 0 Å².